The SMILES string of the molecule is CC1CO[C@@H](C)C1C. The van der Waals surface area contributed by atoms with Crippen molar-refractivity contribution in [1.29, 1.82) is 0 Å². The van der Waals surface area contributed by atoms with Crippen LogP contribution in [0, 0.1) is 11.8 Å². The van der Waals surface area contributed by atoms with Crippen molar-refractivity contribution in [2.45, 2.75) is 26.9 Å². The Hall–Kier alpha value is -0.0400. The van der Waals surface area contributed by atoms with Gasteiger partial charge in [-0.25, -0.2) is 0 Å². The van der Waals surface area contributed by atoms with E-state index in [-0.39, 0.29) is 0 Å². The Morgan fingerprint density at radius 1 is 1.25 bits per heavy atom. The molecule has 1 rings (SSSR count). The molecule has 0 spiro atoms. The van der Waals surface area contributed by atoms with E-state index in [1.165, 1.54) is 0 Å². The molecule has 0 aromatic heterocycles. The zero-order valence-electron chi connectivity index (χ0n) is 5.85. The fraction of sp³-hybridized carbons (Fsp3) is 1.00. The van der Waals surface area contributed by atoms with Gasteiger partial charge in [0, 0.05) is 6.61 Å². The first-order chi connectivity index (χ1) is 3.72. The van der Waals surface area contributed by atoms with E-state index in [2.05, 4.69) is 20.8 Å². The highest BCUT2D eigenvalue weighted by Gasteiger charge is 2.26. The van der Waals surface area contributed by atoms with Crippen LogP contribution in [0.15, 0.2) is 0 Å². The lowest BCUT2D eigenvalue weighted by Gasteiger charge is -2.09. The van der Waals surface area contributed by atoms with Gasteiger partial charge in [-0.3, -0.25) is 0 Å². The fourth-order valence-corrected chi connectivity index (χ4v) is 1.07. The number of hydrogen-bond donors (Lipinski definition) is 0. The molecule has 0 aliphatic carbocycles. The molecule has 0 bridgehead atoms. The average Bonchev–Trinajstić information content (AvgIpc) is 1.98. The Labute approximate surface area is 51.0 Å². The summed E-state index contributed by atoms with van der Waals surface area (Å²) in [6.45, 7) is 7.60. The number of hydrogen-bond acceptors (Lipinski definition) is 1. The van der Waals surface area contributed by atoms with Gasteiger partial charge in [-0.05, 0) is 18.8 Å². The molecular weight excluding hydrogens is 100 g/mol. The highest BCUT2D eigenvalue weighted by molar-refractivity contribution is 4.73. The van der Waals surface area contributed by atoms with Gasteiger partial charge in [0.15, 0.2) is 0 Å². The van der Waals surface area contributed by atoms with E-state index in [0.29, 0.717) is 6.10 Å². The van der Waals surface area contributed by atoms with Gasteiger partial charge in [0.25, 0.3) is 0 Å². The number of rotatable bonds is 0. The van der Waals surface area contributed by atoms with E-state index < -0.39 is 0 Å². The van der Waals surface area contributed by atoms with Crippen molar-refractivity contribution in [3.05, 3.63) is 0 Å². The van der Waals surface area contributed by atoms with Gasteiger partial charge in [0.2, 0.25) is 0 Å². The van der Waals surface area contributed by atoms with Crippen LogP contribution >= 0.6 is 0 Å². The molecule has 0 radical (unpaired) electrons. The van der Waals surface area contributed by atoms with Gasteiger partial charge < -0.3 is 4.74 Å². The first-order valence-electron chi connectivity index (χ1n) is 3.33. The Morgan fingerprint density at radius 3 is 2.00 bits per heavy atom. The van der Waals surface area contributed by atoms with Crippen LogP contribution in [0.2, 0.25) is 0 Å². The van der Waals surface area contributed by atoms with E-state index in [1.54, 1.807) is 0 Å². The summed E-state index contributed by atoms with van der Waals surface area (Å²) in [4.78, 5) is 0. The van der Waals surface area contributed by atoms with Crippen molar-refractivity contribution in [3.8, 4) is 0 Å². The lowest BCUT2D eigenvalue weighted by atomic mass is 9.96. The first-order valence-corrected chi connectivity index (χ1v) is 3.33. The van der Waals surface area contributed by atoms with Crippen molar-refractivity contribution in [2.75, 3.05) is 6.61 Å². The minimum atomic E-state index is 0.491. The summed E-state index contributed by atoms with van der Waals surface area (Å²) >= 11 is 0. The van der Waals surface area contributed by atoms with Crippen LogP contribution in [0.4, 0.5) is 0 Å². The quantitative estimate of drug-likeness (QED) is 0.465. The molecular formula is C7H14O. The van der Waals surface area contributed by atoms with Crippen LogP contribution in [0.5, 0.6) is 0 Å². The summed E-state index contributed by atoms with van der Waals surface area (Å²) in [7, 11) is 0. The molecule has 0 amide bonds. The molecule has 1 aliphatic rings. The molecule has 1 heteroatoms. The molecule has 8 heavy (non-hydrogen) atoms. The molecule has 0 N–H and O–H groups in total. The van der Waals surface area contributed by atoms with Crippen molar-refractivity contribution >= 4 is 0 Å². The van der Waals surface area contributed by atoms with E-state index in [9.17, 15) is 0 Å². The Balaban J connectivity index is 2.44. The molecule has 1 saturated heterocycles. The van der Waals surface area contributed by atoms with Gasteiger partial charge in [-0.1, -0.05) is 13.8 Å². The molecule has 48 valence electrons. The zero-order valence-corrected chi connectivity index (χ0v) is 5.85. The molecule has 0 saturated carbocycles. The molecule has 1 aliphatic heterocycles. The number of ether oxygens (including phenoxy) is 1. The minimum absolute atomic E-state index is 0.491. The van der Waals surface area contributed by atoms with Crippen LogP contribution in [0.25, 0.3) is 0 Å². The van der Waals surface area contributed by atoms with Crippen LogP contribution in [0.1, 0.15) is 20.8 Å². The van der Waals surface area contributed by atoms with Gasteiger partial charge >= 0.3 is 0 Å². The topological polar surface area (TPSA) is 9.23 Å². The standard InChI is InChI=1S/C7H14O/c1-5-4-8-7(3)6(5)2/h5-7H,4H2,1-3H3/t5?,6?,7-/m0/s1. The predicted octanol–water partition coefficient (Wildman–Crippen LogP) is 1.68. The molecule has 0 aromatic carbocycles. The predicted molar refractivity (Wildman–Crippen MR) is 33.7 cm³/mol. The van der Waals surface area contributed by atoms with Crippen LogP contribution in [-0.2, 0) is 4.74 Å². The maximum absolute atomic E-state index is 5.38. The first kappa shape index (κ1) is 6.09. The fourth-order valence-electron chi connectivity index (χ4n) is 1.07. The van der Waals surface area contributed by atoms with E-state index in [1.807, 2.05) is 0 Å². The van der Waals surface area contributed by atoms with Crippen molar-refractivity contribution < 1.29 is 4.74 Å². The normalized spacial score (nSPS) is 47.6. The second-order valence-electron chi connectivity index (χ2n) is 2.87. The molecule has 3 atom stereocenters. The molecule has 2 unspecified atom stereocenters. The second-order valence-corrected chi connectivity index (χ2v) is 2.87. The molecule has 1 heterocycles. The van der Waals surface area contributed by atoms with Gasteiger partial charge in [-0.15, -0.1) is 0 Å². The lowest BCUT2D eigenvalue weighted by Crippen LogP contribution is -2.10. The highest BCUT2D eigenvalue weighted by atomic mass is 16.5. The minimum Gasteiger partial charge on any atom is -0.378 e. The lowest BCUT2D eigenvalue weighted by molar-refractivity contribution is 0.108. The van der Waals surface area contributed by atoms with Crippen molar-refractivity contribution in [2.24, 2.45) is 11.8 Å². The van der Waals surface area contributed by atoms with Gasteiger partial charge in [0.1, 0.15) is 0 Å². The van der Waals surface area contributed by atoms with Crippen LogP contribution in [-0.4, -0.2) is 12.7 Å². The van der Waals surface area contributed by atoms with Crippen molar-refractivity contribution in [1.82, 2.24) is 0 Å². The maximum Gasteiger partial charge on any atom is 0.0576 e. The van der Waals surface area contributed by atoms with Crippen LogP contribution < -0.4 is 0 Å². The summed E-state index contributed by atoms with van der Waals surface area (Å²) in [5, 5.41) is 0. The summed E-state index contributed by atoms with van der Waals surface area (Å²) in [5.41, 5.74) is 0. The van der Waals surface area contributed by atoms with Crippen molar-refractivity contribution in [3.63, 3.8) is 0 Å². The molecule has 1 fully saturated rings. The Bertz CT molecular complexity index is 70.5. The molecule has 1 nitrogen and oxygen atoms in total. The zero-order chi connectivity index (χ0) is 6.15. The molecule has 0 aromatic rings. The Kier molecular flexibility index (Phi) is 1.57. The van der Waals surface area contributed by atoms with Crippen LogP contribution in [0.3, 0.4) is 0 Å². The highest BCUT2D eigenvalue weighted by Crippen LogP contribution is 2.24. The second kappa shape index (κ2) is 2.06. The third-order valence-electron chi connectivity index (χ3n) is 2.26. The summed E-state index contributed by atoms with van der Waals surface area (Å²) in [6, 6.07) is 0. The Morgan fingerprint density at radius 2 is 1.88 bits per heavy atom. The van der Waals surface area contributed by atoms with Gasteiger partial charge in [-0.2, -0.15) is 0 Å². The van der Waals surface area contributed by atoms with E-state index in [4.69, 9.17) is 4.74 Å². The van der Waals surface area contributed by atoms with Gasteiger partial charge in [0.05, 0.1) is 6.10 Å². The van der Waals surface area contributed by atoms with E-state index in [0.717, 1.165) is 18.4 Å². The third-order valence-corrected chi connectivity index (χ3v) is 2.26. The summed E-state index contributed by atoms with van der Waals surface area (Å²) in [5.74, 6) is 1.53. The smallest absolute Gasteiger partial charge is 0.0576 e. The summed E-state index contributed by atoms with van der Waals surface area (Å²) in [6.07, 6.45) is 0.491. The summed E-state index contributed by atoms with van der Waals surface area (Å²) < 4.78 is 5.38. The third kappa shape index (κ3) is 0.873. The monoisotopic (exact) mass is 114 g/mol. The maximum atomic E-state index is 5.38. The van der Waals surface area contributed by atoms with E-state index >= 15 is 0 Å². The average molecular weight is 114 g/mol. The largest absolute Gasteiger partial charge is 0.378 e.